The van der Waals surface area contributed by atoms with Gasteiger partial charge in [-0.1, -0.05) is 24.3 Å². The fraction of sp³-hybridized carbons (Fsp3) is 0.250. The highest BCUT2D eigenvalue weighted by molar-refractivity contribution is 7.89. The van der Waals surface area contributed by atoms with E-state index in [-0.39, 0.29) is 42.0 Å². The number of aromatic nitrogens is 4. The van der Waals surface area contributed by atoms with Crippen molar-refractivity contribution in [1.29, 1.82) is 0 Å². The first-order chi connectivity index (χ1) is 29.6. The van der Waals surface area contributed by atoms with Gasteiger partial charge >= 0.3 is 12.4 Å². The molecule has 13 nitrogen and oxygen atoms in total. The van der Waals surface area contributed by atoms with Gasteiger partial charge in [0.1, 0.15) is 36.9 Å². The van der Waals surface area contributed by atoms with E-state index in [0.717, 1.165) is 52.8 Å². The first-order valence-corrected chi connectivity index (χ1v) is 21.2. The predicted molar refractivity (Wildman–Crippen MR) is 207 cm³/mol. The standard InChI is InChI=1S/C20H19F4N3O4S.C20H17F4N3O3S/c1-31-12-27-11-14(18(26-27)19(28)13-2-6-16(21)7-3-13)10-25-32(29,30)17-8-4-15(5-9-17)20(22,23)24;1-30-12-26-10-14-11-27(19(18(14)25-26)13-2-6-16(21)7-3-13)31(28,29)17-8-4-15(5-9-17)20(22,23)24/h2-9,11,19,25,28H,10,12H2,1H3;2-10,19H,11-12H2,1H3. The summed E-state index contributed by atoms with van der Waals surface area (Å²) in [6.07, 6.45) is -7.33. The highest BCUT2D eigenvalue weighted by atomic mass is 32.2. The Kier molecular flexibility index (Phi) is 13.9. The summed E-state index contributed by atoms with van der Waals surface area (Å²) < 4.78 is 171. The summed E-state index contributed by atoms with van der Waals surface area (Å²) in [6.45, 7) is -0.158. The Morgan fingerprint density at radius 3 is 1.71 bits per heavy atom. The summed E-state index contributed by atoms with van der Waals surface area (Å²) >= 11 is 0. The largest absolute Gasteiger partial charge is 0.416 e. The third-order valence-electron chi connectivity index (χ3n) is 9.50. The minimum absolute atomic E-state index is 0.0226. The molecule has 1 aliphatic rings. The van der Waals surface area contributed by atoms with Crippen LogP contribution in [-0.4, -0.2) is 60.0 Å². The summed E-state index contributed by atoms with van der Waals surface area (Å²) in [5, 5.41) is 19.3. The lowest BCUT2D eigenvalue weighted by atomic mass is 10.0. The second-order valence-corrected chi connectivity index (χ2v) is 17.5. The maximum absolute atomic E-state index is 13.4. The van der Waals surface area contributed by atoms with Crippen molar-refractivity contribution in [2.45, 2.75) is 60.8 Å². The van der Waals surface area contributed by atoms with Gasteiger partial charge in [-0.25, -0.2) is 39.7 Å². The zero-order chi connectivity index (χ0) is 45.9. The molecule has 4 aromatic carbocycles. The Balaban J connectivity index is 0.000000210. The molecule has 0 saturated heterocycles. The lowest BCUT2D eigenvalue weighted by Gasteiger charge is -2.25. The third-order valence-corrected chi connectivity index (χ3v) is 12.7. The molecule has 0 aliphatic carbocycles. The molecule has 0 spiro atoms. The van der Waals surface area contributed by atoms with Crippen LogP contribution < -0.4 is 4.72 Å². The number of benzene rings is 4. The molecule has 0 amide bonds. The van der Waals surface area contributed by atoms with Gasteiger partial charge in [0.25, 0.3) is 0 Å². The Morgan fingerprint density at radius 1 is 0.714 bits per heavy atom. The molecule has 0 saturated carbocycles. The minimum atomic E-state index is -4.59. The number of rotatable bonds is 13. The second kappa shape index (κ2) is 18.7. The van der Waals surface area contributed by atoms with Gasteiger partial charge in [-0.3, -0.25) is 0 Å². The number of sulfonamides is 2. The average Bonchev–Trinajstić information content (AvgIpc) is 3.94. The Morgan fingerprint density at radius 2 is 1.21 bits per heavy atom. The second-order valence-electron chi connectivity index (χ2n) is 13.8. The molecule has 2 N–H and O–H groups in total. The maximum atomic E-state index is 13.4. The zero-order valence-corrected chi connectivity index (χ0v) is 34.5. The van der Waals surface area contributed by atoms with Gasteiger partial charge in [0, 0.05) is 50.8 Å². The lowest BCUT2D eigenvalue weighted by Crippen LogP contribution is -2.31. The Labute approximate surface area is 355 Å². The molecule has 2 aromatic heterocycles. The topological polar surface area (TPSA) is 158 Å². The van der Waals surface area contributed by atoms with E-state index in [1.165, 1.54) is 66.2 Å². The van der Waals surface area contributed by atoms with Gasteiger partial charge in [0.05, 0.1) is 32.7 Å². The molecule has 0 fully saturated rings. The summed E-state index contributed by atoms with van der Waals surface area (Å²) in [5.74, 6) is -0.973. The number of halogens is 8. The van der Waals surface area contributed by atoms with Crippen molar-refractivity contribution in [1.82, 2.24) is 28.6 Å². The molecular formula is C40H36F8N6O7S2. The maximum Gasteiger partial charge on any atom is 0.416 e. The monoisotopic (exact) mass is 928 g/mol. The molecule has 6 aromatic rings. The predicted octanol–water partition coefficient (Wildman–Crippen LogP) is 7.14. The van der Waals surface area contributed by atoms with Gasteiger partial charge < -0.3 is 14.6 Å². The van der Waals surface area contributed by atoms with Crippen LogP contribution >= 0.6 is 0 Å². The molecule has 2 unspecified atom stereocenters. The number of nitrogens with one attached hydrogen (secondary N) is 1. The summed E-state index contributed by atoms with van der Waals surface area (Å²) in [4.78, 5) is -0.627. The zero-order valence-electron chi connectivity index (χ0n) is 32.8. The molecule has 63 heavy (non-hydrogen) atoms. The molecule has 7 rings (SSSR count). The van der Waals surface area contributed by atoms with E-state index in [1.54, 1.807) is 6.20 Å². The number of aliphatic hydroxyl groups is 1. The SMILES string of the molecule is COCn1cc(CNS(=O)(=O)c2ccc(C(F)(F)F)cc2)c(C(O)c2ccc(F)cc2)n1.COCn1cc2c(n1)C(c1ccc(F)cc1)N(S(=O)(=O)c1ccc(C(F)(F)F)cc1)C2. The van der Waals surface area contributed by atoms with Gasteiger partial charge in [-0.05, 0) is 83.9 Å². The van der Waals surface area contributed by atoms with Crippen molar-refractivity contribution in [3.8, 4) is 0 Å². The highest BCUT2D eigenvalue weighted by Gasteiger charge is 2.43. The van der Waals surface area contributed by atoms with Crippen molar-refractivity contribution in [3.63, 3.8) is 0 Å². The van der Waals surface area contributed by atoms with Gasteiger partial charge in [-0.15, -0.1) is 0 Å². The number of aliphatic hydroxyl groups excluding tert-OH is 1. The number of alkyl halides is 6. The number of ether oxygens (including phenoxy) is 2. The summed E-state index contributed by atoms with van der Waals surface area (Å²) in [6, 6.07) is 15.9. The van der Waals surface area contributed by atoms with E-state index < -0.39 is 67.3 Å². The molecular weight excluding hydrogens is 893 g/mol. The first-order valence-electron chi connectivity index (χ1n) is 18.3. The average molecular weight is 929 g/mol. The number of hydrogen-bond donors (Lipinski definition) is 2. The fourth-order valence-electron chi connectivity index (χ4n) is 6.49. The molecule has 336 valence electrons. The van der Waals surface area contributed by atoms with Crippen LogP contribution in [0.3, 0.4) is 0 Å². The molecule has 2 atom stereocenters. The lowest BCUT2D eigenvalue weighted by molar-refractivity contribution is -0.138. The van der Waals surface area contributed by atoms with Gasteiger partial charge in [0.2, 0.25) is 20.0 Å². The quantitative estimate of drug-likeness (QED) is 0.115. The van der Waals surface area contributed by atoms with Crippen molar-refractivity contribution >= 4 is 20.0 Å². The minimum Gasteiger partial charge on any atom is -0.382 e. The fourth-order valence-corrected chi connectivity index (χ4v) is 9.06. The van der Waals surface area contributed by atoms with Crippen molar-refractivity contribution in [2.24, 2.45) is 0 Å². The number of hydrogen-bond acceptors (Lipinski definition) is 9. The van der Waals surface area contributed by atoms with Crippen LogP contribution in [0.4, 0.5) is 35.1 Å². The Bertz CT molecular complexity index is 2730. The molecule has 1 aliphatic heterocycles. The number of methoxy groups -OCH3 is 2. The molecule has 0 bridgehead atoms. The molecule has 23 heteroatoms. The van der Waals surface area contributed by atoms with Gasteiger partial charge in [-0.2, -0.15) is 40.8 Å². The van der Waals surface area contributed by atoms with Gasteiger partial charge in [0.15, 0.2) is 0 Å². The van der Waals surface area contributed by atoms with Crippen LogP contribution in [0, 0.1) is 11.6 Å². The molecule has 3 heterocycles. The van der Waals surface area contributed by atoms with Crippen LogP contribution in [0.5, 0.6) is 0 Å². The van der Waals surface area contributed by atoms with Crippen molar-refractivity contribution in [3.05, 3.63) is 166 Å². The van der Waals surface area contributed by atoms with Crippen LogP contribution in [0.25, 0.3) is 0 Å². The summed E-state index contributed by atoms with van der Waals surface area (Å²) in [5.41, 5.74) is 0.405. The van der Waals surface area contributed by atoms with Crippen molar-refractivity contribution < 1.29 is 66.5 Å². The summed E-state index contributed by atoms with van der Waals surface area (Å²) in [7, 11) is -5.42. The number of fused-ring (bicyclic) bond motifs is 1. The normalized spacial score (nSPS) is 15.2. The Hall–Kier alpha value is -5.56. The van der Waals surface area contributed by atoms with Crippen LogP contribution in [0.15, 0.2) is 119 Å². The van der Waals surface area contributed by atoms with E-state index in [9.17, 15) is 57.1 Å². The smallest absolute Gasteiger partial charge is 0.382 e. The highest BCUT2D eigenvalue weighted by Crippen LogP contribution is 2.42. The number of nitrogens with zero attached hydrogens (tertiary/aromatic N) is 5. The molecule has 0 radical (unpaired) electrons. The first kappa shape index (κ1) is 46.9. The van der Waals surface area contributed by atoms with E-state index in [1.807, 2.05) is 0 Å². The van der Waals surface area contributed by atoms with E-state index in [4.69, 9.17) is 9.47 Å². The van der Waals surface area contributed by atoms with E-state index in [2.05, 4.69) is 14.9 Å². The van der Waals surface area contributed by atoms with Crippen LogP contribution in [0.1, 0.15) is 56.9 Å². The van der Waals surface area contributed by atoms with Crippen molar-refractivity contribution in [2.75, 3.05) is 14.2 Å². The van der Waals surface area contributed by atoms with E-state index in [0.29, 0.717) is 40.1 Å². The van der Waals surface area contributed by atoms with E-state index >= 15 is 0 Å². The third kappa shape index (κ3) is 10.8. The van der Waals surface area contributed by atoms with Crippen LogP contribution in [0.2, 0.25) is 0 Å². The van der Waals surface area contributed by atoms with Crippen LogP contribution in [-0.2, 0) is 68.4 Å².